The Labute approximate surface area is 153 Å². The van der Waals surface area contributed by atoms with E-state index in [9.17, 15) is 4.79 Å². The summed E-state index contributed by atoms with van der Waals surface area (Å²) in [6.07, 6.45) is 8.57. The van der Waals surface area contributed by atoms with E-state index >= 15 is 0 Å². The number of esters is 1. The van der Waals surface area contributed by atoms with Crippen LogP contribution < -0.4 is 0 Å². The molecule has 0 amide bonds. The lowest BCUT2D eigenvalue weighted by molar-refractivity contribution is -0.146. The Bertz CT molecular complexity index is 568. The van der Waals surface area contributed by atoms with Crippen molar-refractivity contribution in [3.8, 4) is 0 Å². The molecule has 140 valence electrons. The van der Waals surface area contributed by atoms with Gasteiger partial charge in [-0.15, -0.1) is 0 Å². The van der Waals surface area contributed by atoms with Gasteiger partial charge in [0.1, 0.15) is 6.10 Å². The number of allylic oxidation sites excluding steroid dienone is 1. The van der Waals surface area contributed by atoms with Crippen molar-refractivity contribution in [2.24, 2.45) is 28.6 Å². The van der Waals surface area contributed by atoms with E-state index in [1.54, 1.807) is 0 Å². The average molecular weight is 346 g/mol. The largest absolute Gasteiger partial charge is 0.462 e. The predicted molar refractivity (Wildman–Crippen MR) is 100 cm³/mol. The zero-order valence-electron chi connectivity index (χ0n) is 16.4. The van der Waals surface area contributed by atoms with Crippen LogP contribution in [0.15, 0.2) is 12.2 Å². The van der Waals surface area contributed by atoms with Crippen LogP contribution in [0.5, 0.6) is 0 Å². The van der Waals surface area contributed by atoms with E-state index in [0.717, 1.165) is 32.5 Å². The number of hydrogen-bond acceptors (Lipinski definition) is 3. The fourth-order valence-corrected chi connectivity index (χ4v) is 6.44. The van der Waals surface area contributed by atoms with Crippen LogP contribution in [0.1, 0.15) is 65.7 Å². The van der Waals surface area contributed by atoms with Crippen molar-refractivity contribution in [3.05, 3.63) is 12.2 Å². The second kappa shape index (κ2) is 6.11. The third-order valence-corrected chi connectivity index (χ3v) is 7.75. The van der Waals surface area contributed by atoms with Gasteiger partial charge in [0.15, 0.2) is 0 Å². The molecular formula is C22H35NO2. The van der Waals surface area contributed by atoms with E-state index in [4.69, 9.17) is 4.74 Å². The van der Waals surface area contributed by atoms with E-state index < -0.39 is 0 Å². The Kier molecular flexibility index (Phi) is 4.30. The average Bonchev–Trinajstić information content (AvgIpc) is 2.79. The number of ether oxygens (including phenoxy) is 1. The van der Waals surface area contributed by atoms with Gasteiger partial charge in [-0.2, -0.15) is 0 Å². The van der Waals surface area contributed by atoms with Crippen LogP contribution in [-0.2, 0) is 9.53 Å². The standard InChI is InChI=1S/C22H35NO2/c1-15-7-5-9-22(4)12-19-16(11-18(15)22)17(20(24)25-19)13-23-10-6-8-21(2,3)14-23/h16-19H,1,5-14H2,2-4H3/t16-,17-,18+,19-,22-/m1/s1. The number of hydrogen-bond donors (Lipinski definition) is 0. The quantitative estimate of drug-likeness (QED) is 0.548. The summed E-state index contributed by atoms with van der Waals surface area (Å²) in [5.74, 6) is 1.16. The Morgan fingerprint density at radius 1 is 1.24 bits per heavy atom. The van der Waals surface area contributed by atoms with E-state index in [0.29, 0.717) is 22.7 Å². The highest BCUT2D eigenvalue weighted by Gasteiger charge is 2.55. The molecule has 2 saturated heterocycles. The molecular weight excluding hydrogens is 310 g/mol. The Balaban J connectivity index is 1.49. The van der Waals surface area contributed by atoms with Gasteiger partial charge in [-0.3, -0.25) is 4.79 Å². The monoisotopic (exact) mass is 345 g/mol. The van der Waals surface area contributed by atoms with Crippen LogP contribution in [-0.4, -0.2) is 36.6 Å². The number of rotatable bonds is 2. The summed E-state index contributed by atoms with van der Waals surface area (Å²) in [4.78, 5) is 15.2. The van der Waals surface area contributed by atoms with Crippen molar-refractivity contribution in [2.75, 3.05) is 19.6 Å². The molecule has 0 aromatic rings. The molecule has 2 aliphatic carbocycles. The van der Waals surface area contributed by atoms with E-state index in [1.165, 1.54) is 37.7 Å². The molecule has 2 heterocycles. The first-order valence-electron chi connectivity index (χ1n) is 10.4. The molecule has 5 atom stereocenters. The maximum absolute atomic E-state index is 12.7. The van der Waals surface area contributed by atoms with Crippen molar-refractivity contribution in [1.82, 2.24) is 4.90 Å². The van der Waals surface area contributed by atoms with Crippen LogP contribution in [0, 0.1) is 28.6 Å². The van der Waals surface area contributed by atoms with Crippen LogP contribution >= 0.6 is 0 Å². The van der Waals surface area contributed by atoms with Gasteiger partial charge in [-0.05, 0) is 68.2 Å². The maximum atomic E-state index is 12.7. The Morgan fingerprint density at radius 3 is 2.80 bits per heavy atom. The first kappa shape index (κ1) is 17.6. The molecule has 0 aromatic heterocycles. The maximum Gasteiger partial charge on any atom is 0.310 e. The molecule has 4 fully saturated rings. The minimum atomic E-state index is 0.0752. The smallest absolute Gasteiger partial charge is 0.310 e. The fraction of sp³-hybridized carbons (Fsp3) is 0.864. The molecule has 0 unspecified atom stereocenters. The van der Waals surface area contributed by atoms with E-state index in [-0.39, 0.29) is 18.0 Å². The normalized spacial score (nSPS) is 44.1. The zero-order chi connectivity index (χ0) is 17.8. The molecule has 0 N–H and O–H groups in total. The minimum absolute atomic E-state index is 0.0752. The van der Waals surface area contributed by atoms with Gasteiger partial charge in [0, 0.05) is 19.0 Å². The lowest BCUT2D eigenvalue weighted by atomic mass is 9.55. The number of carbonyl (C=O) groups excluding carboxylic acids is 1. The molecule has 0 bridgehead atoms. The molecule has 3 heteroatoms. The Morgan fingerprint density at radius 2 is 2.04 bits per heavy atom. The number of nitrogens with zero attached hydrogens (tertiary/aromatic N) is 1. The van der Waals surface area contributed by atoms with Gasteiger partial charge < -0.3 is 9.64 Å². The summed E-state index contributed by atoms with van der Waals surface area (Å²) in [5.41, 5.74) is 2.12. The van der Waals surface area contributed by atoms with Crippen molar-refractivity contribution in [1.29, 1.82) is 0 Å². The zero-order valence-corrected chi connectivity index (χ0v) is 16.4. The van der Waals surface area contributed by atoms with Gasteiger partial charge in [-0.25, -0.2) is 0 Å². The summed E-state index contributed by atoms with van der Waals surface area (Å²) in [7, 11) is 0. The summed E-state index contributed by atoms with van der Waals surface area (Å²) in [6, 6.07) is 0. The topological polar surface area (TPSA) is 29.5 Å². The third-order valence-electron chi connectivity index (χ3n) is 7.75. The van der Waals surface area contributed by atoms with Crippen molar-refractivity contribution in [3.63, 3.8) is 0 Å². The van der Waals surface area contributed by atoms with Gasteiger partial charge >= 0.3 is 5.97 Å². The summed E-state index contributed by atoms with van der Waals surface area (Å²) >= 11 is 0. The molecule has 2 aliphatic heterocycles. The van der Waals surface area contributed by atoms with Crippen molar-refractivity contribution < 1.29 is 9.53 Å². The second-order valence-corrected chi connectivity index (χ2v) is 10.4. The molecule has 4 rings (SSSR count). The summed E-state index contributed by atoms with van der Waals surface area (Å²) in [5, 5.41) is 0. The molecule has 4 aliphatic rings. The van der Waals surface area contributed by atoms with Crippen LogP contribution in [0.4, 0.5) is 0 Å². The first-order valence-corrected chi connectivity index (χ1v) is 10.4. The number of carbonyl (C=O) groups is 1. The second-order valence-electron chi connectivity index (χ2n) is 10.4. The number of piperidine rings is 1. The number of fused-ring (bicyclic) bond motifs is 2. The van der Waals surface area contributed by atoms with E-state index in [2.05, 4.69) is 32.3 Å². The van der Waals surface area contributed by atoms with Crippen LogP contribution in [0.3, 0.4) is 0 Å². The Hall–Kier alpha value is -0.830. The van der Waals surface area contributed by atoms with Gasteiger partial charge in [0.2, 0.25) is 0 Å². The lowest BCUT2D eigenvalue weighted by Gasteiger charge is -2.50. The SMILES string of the molecule is C=C1CCC[C@]2(C)C[C@H]3OC(=O)[C@H](CN4CCCC(C)(C)C4)[C@H]3C[C@@H]12. The van der Waals surface area contributed by atoms with Crippen LogP contribution in [0.25, 0.3) is 0 Å². The lowest BCUT2D eigenvalue weighted by Crippen LogP contribution is -2.47. The third kappa shape index (κ3) is 3.18. The van der Waals surface area contributed by atoms with Crippen molar-refractivity contribution in [2.45, 2.75) is 71.8 Å². The molecule has 2 saturated carbocycles. The highest BCUT2D eigenvalue weighted by atomic mass is 16.6. The molecule has 3 nitrogen and oxygen atoms in total. The molecule has 0 aromatic carbocycles. The van der Waals surface area contributed by atoms with Gasteiger partial charge in [0.05, 0.1) is 5.92 Å². The van der Waals surface area contributed by atoms with Gasteiger partial charge in [-0.1, -0.05) is 32.9 Å². The molecule has 0 radical (unpaired) electrons. The minimum Gasteiger partial charge on any atom is -0.462 e. The van der Waals surface area contributed by atoms with Crippen molar-refractivity contribution >= 4 is 5.97 Å². The van der Waals surface area contributed by atoms with E-state index in [1.807, 2.05) is 0 Å². The summed E-state index contributed by atoms with van der Waals surface area (Å²) < 4.78 is 5.93. The predicted octanol–water partition coefficient (Wildman–Crippen LogP) is 4.42. The summed E-state index contributed by atoms with van der Waals surface area (Å²) in [6.45, 7) is 14.7. The molecule has 25 heavy (non-hydrogen) atoms. The molecule has 0 spiro atoms. The highest BCUT2D eigenvalue weighted by molar-refractivity contribution is 5.75. The highest BCUT2D eigenvalue weighted by Crippen LogP contribution is 2.57. The number of likely N-dealkylation sites (tertiary alicyclic amines) is 1. The van der Waals surface area contributed by atoms with Crippen LogP contribution in [0.2, 0.25) is 0 Å². The first-order chi connectivity index (χ1) is 11.8. The van der Waals surface area contributed by atoms with Gasteiger partial charge in [0.25, 0.3) is 0 Å². The fourth-order valence-electron chi connectivity index (χ4n) is 6.44.